The molecule has 1 heterocycles. The third kappa shape index (κ3) is 5.73. The van der Waals surface area contributed by atoms with E-state index in [0.717, 1.165) is 31.2 Å². The zero-order valence-electron chi connectivity index (χ0n) is 15.4. The topological polar surface area (TPSA) is 49.0 Å². The van der Waals surface area contributed by atoms with Crippen LogP contribution in [0, 0.1) is 0 Å². The monoisotopic (exact) mass is 389 g/mol. The van der Waals surface area contributed by atoms with Gasteiger partial charge in [-0.1, -0.05) is 6.07 Å². The maximum absolute atomic E-state index is 12.4. The molecular formula is C19H26F3NO4. The fourth-order valence-corrected chi connectivity index (χ4v) is 3.52. The summed E-state index contributed by atoms with van der Waals surface area (Å²) in [6, 6.07) is 5.38. The van der Waals surface area contributed by atoms with Gasteiger partial charge in [0, 0.05) is 25.4 Å². The number of benzene rings is 1. The van der Waals surface area contributed by atoms with E-state index in [0.29, 0.717) is 38.2 Å². The molecule has 0 amide bonds. The Labute approximate surface area is 157 Å². The lowest BCUT2D eigenvalue weighted by Crippen LogP contribution is -2.41. The molecule has 1 aliphatic carbocycles. The van der Waals surface area contributed by atoms with E-state index in [9.17, 15) is 13.2 Å². The molecule has 1 aromatic carbocycles. The molecular weight excluding hydrogens is 363 g/mol. The zero-order chi connectivity index (χ0) is 19.3. The summed E-state index contributed by atoms with van der Waals surface area (Å²) in [6.07, 6.45) is -0.705. The Hall–Kier alpha value is -1.51. The summed E-state index contributed by atoms with van der Waals surface area (Å²) < 4.78 is 58.9. The molecule has 0 bridgehead atoms. The largest absolute Gasteiger partial charge is 0.490 e. The molecule has 0 atom stereocenters. The molecule has 1 N–H and O–H groups in total. The van der Waals surface area contributed by atoms with Gasteiger partial charge in [0.05, 0.1) is 19.8 Å². The summed E-state index contributed by atoms with van der Waals surface area (Å²) in [6.45, 7) is 2.74. The predicted molar refractivity (Wildman–Crippen MR) is 92.9 cm³/mol. The highest BCUT2D eigenvalue weighted by Crippen LogP contribution is 2.36. The van der Waals surface area contributed by atoms with Crippen molar-refractivity contribution >= 4 is 0 Å². The Balaban J connectivity index is 1.53. The Kier molecular flexibility index (Phi) is 6.49. The molecule has 27 heavy (non-hydrogen) atoms. The van der Waals surface area contributed by atoms with Gasteiger partial charge in [0.15, 0.2) is 23.9 Å². The van der Waals surface area contributed by atoms with E-state index in [1.165, 1.54) is 6.07 Å². The average molecular weight is 389 g/mol. The highest BCUT2D eigenvalue weighted by Gasteiger charge is 2.40. The first kappa shape index (κ1) is 20.2. The quantitative estimate of drug-likeness (QED) is 0.769. The summed E-state index contributed by atoms with van der Waals surface area (Å²) in [7, 11) is 0. The van der Waals surface area contributed by atoms with Gasteiger partial charge in [0.1, 0.15) is 0 Å². The number of alkyl halides is 3. The van der Waals surface area contributed by atoms with Crippen molar-refractivity contribution in [3.05, 3.63) is 23.8 Å². The van der Waals surface area contributed by atoms with Gasteiger partial charge in [0.2, 0.25) is 0 Å². The van der Waals surface area contributed by atoms with Gasteiger partial charge >= 0.3 is 6.18 Å². The molecule has 2 fully saturated rings. The van der Waals surface area contributed by atoms with Crippen molar-refractivity contribution in [2.45, 2.75) is 57.2 Å². The number of hydrogen-bond acceptors (Lipinski definition) is 5. The van der Waals surface area contributed by atoms with Crippen molar-refractivity contribution in [3.8, 4) is 11.5 Å². The number of rotatable bonds is 7. The Bertz CT molecular complexity index is 607. The second-order valence-corrected chi connectivity index (χ2v) is 6.88. The minimum absolute atomic E-state index is 0.105. The smallest absolute Gasteiger partial charge is 0.422 e. The predicted octanol–water partition coefficient (Wildman–Crippen LogP) is 3.80. The van der Waals surface area contributed by atoms with Crippen molar-refractivity contribution in [2.24, 2.45) is 0 Å². The van der Waals surface area contributed by atoms with E-state index in [-0.39, 0.29) is 11.5 Å². The van der Waals surface area contributed by atoms with Crippen LogP contribution in [0.1, 0.15) is 38.2 Å². The molecule has 1 aliphatic heterocycles. The first-order valence-corrected chi connectivity index (χ1v) is 9.36. The van der Waals surface area contributed by atoms with Crippen LogP contribution >= 0.6 is 0 Å². The third-order valence-electron chi connectivity index (χ3n) is 4.86. The van der Waals surface area contributed by atoms with E-state index < -0.39 is 12.8 Å². The lowest BCUT2D eigenvalue weighted by molar-refractivity contribution is -0.179. The number of nitrogens with one attached hydrogen (secondary N) is 1. The van der Waals surface area contributed by atoms with Gasteiger partial charge in [-0.15, -0.1) is 0 Å². The van der Waals surface area contributed by atoms with Gasteiger partial charge < -0.3 is 24.3 Å². The number of hydrogen-bond donors (Lipinski definition) is 1. The molecule has 5 nitrogen and oxygen atoms in total. The van der Waals surface area contributed by atoms with E-state index >= 15 is 0 Å². The highest BCUT2D eigenvalue weighted by molar-refractivity contribution is 5.43. The van der Waals surface area contributed by atoms with Gasteiger partial charge in [-0.05, 0) is 37.5 Å². The third-order valence-corrected chi connectivity index (χ3v) is 4.86. The van der Waals surface area contributed by atoms with E-state index in [2.05, 4.69) is 5.32 Å². The first-order valence-electron chi connectivity index (χ1n) is 9.36. The average Bonchev–Trinajstić information content (AvgIpc) is 3.08. The van der Waals surface area contributed by atoms with E-state index in [4.69, 9.17) is 18.9 Å². The van der Waals surface area contributed by atoms with Crippen molar-refractivity contribution < 1.29 is 32.1 Å². The molecule has 8 heteroatoms. The SMILES string of the molecule is CCOc1cc(CNC2CCC3(CC2)OCCO3)ccc1OCC(F)(F)F. The lowest BCUT2D eigenvalue weighted by Gasteiger charge is -2.35. The molecule has 2 aliphatic rings. The zero-order valence-corrected chi connectivity index (χ0v) is 15.4. The molecule has 0 aromatic heterocycles. The van der Waals surface area contributed by atoms with Crippen LogP contribution in [0.3, 0.4) is 0 Å². The summed E-state index contributed by atoms with van der Waals surface area (Å²) >= 11 is 0. The van der Waals surface area contributed by atoms with Gasteiger partial charge in [-0.2, -0.15) is 13.2 Å². The molecule has 1 aromatic rings. The van der Waals surface area contributed by atoms with Crippen LogP contribution in [0.5, 0.6) is 11.5 Å². The first-order chi connectivity index (χ1) is 12.9. The van der Waals surface area contributed by atoms with Crippen LogP contribution in [-0.4, -0.2) is 44.4 Å². The summed E-state index contributed by atoms with van der Waals surface area (Å²) in [5.41, 5.74) is 0.937. The van der Waals surface area contributed by atoms with Crippen molar-refractivity contribution in [2.75, 3.05) is 26.4 Å². The molecule has 3 rings (SSSR count). The molecule has 1 spiro atoms. The maximum Gasteiger partial charge on any atom is 0.422 e. The number of halogens is 3. The fourth-order valence-electron chi connectivity index (χ4n) is 3.52. The maximum atomic E-state index is 12.4. The van der Waals surface area contributed by atoms with Crippen LogP contribution in [-0.2, 0) is 16.0 Å². The van der Waals surface area contributed by atoms with Gasteiger partial charge in [-0.3, -0.25) is 0 Å². The van der Waals surface area contributed by atoms with Crippen LogP contribution in [0.4, 0.5) is 13.2 Å². The molecule has 152 valence electrons. The van der Waals surface area contributed by atoms with Crippen molar-refractivity contribution in [1.29, 1.82) is 0 Å². The molecule has 0 unspecified atom stereocenters. The Morgan fingerprint density at radius 1 is 1.11 bits per heavy atom. The van der Waals surface area contributed by atoms with E-state index in [1.807, 2.05) is 0 Å². The summed E-state index contributed by atoms with van der Waals surface area (Å²) in [5.74, 6) is 0.0575. The minimum Gasteiger partial charge on any atom is -0.490 e. The van der Waals surface area contributed by atoms with Crippen LogP contribution in [0.15, 0.2) is 18.2 Å². The van der Waals surface area contributed by atoms with Gasteiger partial charge in [-0.25, -0.2) is 0 Å². The van der Waals surface area contributed by atoms with Gasteiger partial charge in [0.25, 0.3) is 0 Å². The van der Waals surface area contributed by atoms with Crippen molar-refractivity contribution in [3.63, 3.8) is 0 Å². The second kappa shape index (κ2) is 8.67. The van der Waals surface area contributed by atoms with Crippen LogP contribution in [0.25, 0.3) is 0 Å². The summed E-state index contributed by atoms with van der Waals surface area (Å²) in [5, 5.41) is 3.50. The van der Waals surface area contributed by atoms with E-state index in [1.54, 1.807) is 19.1 Å². The van der Waals surface area contributed by atoms with Crippen LogP contribution in [0.2, 0.25) is 0 Å². The Morgan fingerprint density at radius 2 is 1.81 bits per heavy atom. The lowest BCUT2D eigenvalue weighted by atomic mass is 9.90. The molecule has 0 radical (unpaired) electrons. The Morgan fingerprint density at radius 3 is 2.44 bits per heavy atom. The molecule has 1 saturated carbocycles. The molecule has 1 saturated heterocycles. The second-order valence-electron chi connectivity index (χ2n) is 6.88. The summed E-state index contributed by atoms with van der Waals surface area (Å²) in [4.78, 5) is 0. The highest BCUT2D eigenvalue weighted by atomic mass is 19.4. The fraction of sp³-hybridized carbons (Fsp3) is 0.684. The van der Waals surface area contributed by atoms with Crippen LogP contribution < -0.4 is 14.8 Å². The minimum atomic E-state index is -4.38. The van der Waals surface area contributed by atoms with Crippen molar-refractivity contribution in [1.82, 2.24) is 5.32 Å². The number of ether oxygens (including phenoxy) is 4. The normalized spacial score (nSPS) is 20.1. The standard InChI is InChI=1S/C19H26F3NO4/c1-2-24-17-11-14(3-4-16(17)25-13-19(20,21)22)12-23-15-5-7-18(8-6-15)26-9-10-27-18/h3-4,11,15,23H,2,5-10,12-13H2,1H3.